The minimum absolute atomic E-state index is 0. The molecule has 3 rings (SSSR count). The van der Waals surface area contributed by atoms with Gasteiger partial charge in [0.15, 0.2) is 5.96 Å². The summed E-state index contributed by atoms with van der Waals surface area (Å²) in [4.78, 5) is 11.8. The smallest absolute Gasteiger partial charge is 0.191 e. The number of nitrogens with zero attached hydrogens (tertiary/aromatic N) is 4. The number of aliphatic imine (C=N–C) groups is 1. The van der Waals surface area contributed by atoms with Gasteiger partial charge in [-0.25, -0.2) is 4.99 Å². The van der Waals surface area contributed by atoms with Gasteiger partial charge in [-0.15, -0.1) is 24.0 Å². The van der Waals surface area contributed by atoms with Crippen molar-refractivity contribution in [1.82, 2.24) is 14.7 Å². The number of hydrogen-bond acceptors (Lipinski definition) is 4. The number of guanidine groups is 1. The molecule has 0 amide bonds. The lowest BCUT2D eigenvalue weighted by atomic mass is 10.1. The molecule has 1 aromatic carbocycles. The molecular formula is C19H32IN5O. The summed E-state index contributed by atoms with van der Waals surface area (Å²) < 4.78 is 5.37. The molecule has 146 valence electrons. The normalized spacial score (nSPS) is 20.0. The third kappa shape index (κ3) is 6.07. The van der Waals surface area contributed by atoms with E-state index < -0.39 is 0 Å². The van der Waals surface area contributed by atoms with Gasteiger partial charge in [-0.2, -0.15) is 0 Å². The number of halogens is 1. The summed E-state index contributed by atoms with van der Waals surface area (Å²) in [5, 5.41) is 0. The lowest BCUT2D eigenvalue weighted by Gasteiger charge is -2.34. The van der Waals surface area contributed by atoms with Gasteiger partial charge in [-0.1, -0.05) is 31.2 Å². The first-order valence-electron chi connectivity index (χ1n) is 9.40. The summed E-state index contributed by atoms with van der Waals surface area (Å²) in [5.74, 6) is 0.634. The molecule has 2 saturated heterocycles. The number of morpholine rings is 1. The predicted molar refractivity (Wildman–Crippen MR) is 117 cm³/mol. The van der Waals surface area contributed by atoms with E-state index >= 15 is 0 Å². The van der Waals surface area contributed by atoms with Crippen LogP contribution >= 0.6 is 24.0 Å². The number of benzene rings is 1. The van der Waals surface area contributed by atoms with Gasteiger partial charge in [0.1, 0.15) is 0 Å². The number of hydrogen-bond donors (Lipinski definition) is 1. The van der Waals surface area contributed by atoms with E-state index in [1.165, 1.54) is 24.2 Å². The van der Waals surface area contributed by atoms with Gasteiger partial charge in [0.25, 0.3) is 0 Å². The molecule has 0 bridgehead atoms. The van der Waals surface area contributed by atoms with Crippen molar-refractivity contribution >= 4 is 29.9 Å². The second-order valence-electron chi connectivity index (χ2n) is 6.75. The fourth-order valence-electron chi connectivity index (χ4n) is 3.43. The molecule has 2 fully saturated rings. The van der Waals surface area contributed by atoms with Crippen molar-refractivity contribution in [2.75, 3.05) is 59.0 Å². The highest BCUT2D eigenvalue weighted by molar-refractivity contribution is 14.0. The summed E-state index contributed by atoms with van der Waals surface area (Å²) >= 11 is 0. The molecule has 0 unspecified atom stereocenters. The van der Waals surface area contributed by atoms with Gasteiger partial charge in [0.05, 0.1) is 19.8 Å². The number of likely N-dealkylation sites (N-methyl/N-ethyl adjacent to an activating group) is 1. The van der Waals surface area contributed by atoms with Crippen molar-refractivity contribution in [3.63, 3.8) is 0 Å². The van der Waals surface area contributed by atoms with Crippen molar-refractivity contribution in [2.24, 2.45) is 10.7 Å². The van der Waals surface area contributed by atoms with E-state index in [0.29, 0.717) is 12.5 Å². The molecule has 6 nitrogen and oxygen atoms in total. The summed E-state index contributed by atoms with van der Waals surface area (Å²) in [6.45, 7) is 12.8. The Morgan fingerprint density at radius 1 is 1.00 bits per heavy atom. The van der Waals surface area contributed by atoms with E-state index in [1.54, 1.807) is 0 Å². The van der Waals surface area contributed by atoms with Crippen LogP contribution in [0.15, 0.2) is 29.3 Å². The average molecular weight is 473 g/mol. The standard InChI is InChI=1S/C19H31N5O.HI/c1-2-22-7-9-23(10-8-22)16-18-6-4-3-5-17(18)15-21-19(20)24-11-13-25-14-12-24;/h3-6H,2,7-16H2,1H3,(H2,20,21);1H. The van der Waals surface area contributed by atoms with Crippen molar-refractivity contribution in [3.05, 3.63) is 35.4 Å². The second-order valence-corrected chi connectivity index (χ2v) is 6.75. The molecule has 0 atom stereocenters. The van der Waals surface area contributed by atoms with Crippen molar-refractivity contribution in [1.29, 1.82) is 0 Å². The monoisotopic (exact) mass is 473 g/mol. The Morgan fingerprint density at radius 3 is 2.27 bits per heavy atom. The van der Waals surface area contributed by atoms with E-state index in [2.05, 4.69) is 50.9 Å². The third-order valence-electron chi connectivity index (χ3n) is 5.17. The highest BCUT2D eigenvalue weighted by Gasteiger charge is 2.17. The van der Waals surface area contributed by atoms with Gasteiger partial charge >= 0.3 is 0 Å². The van der Waals surface area contributed by atoms with Crippen LogP contribution in [0.3, 0.4) is 0 Å². The molecule has 1 aromatic rings. The Hall–Kier alpha value is -0.900. The molecule has 0 saturated carbocycles. The van der Waals surface area contributed by atoms with Crippen LogP contribution < -0.4 is 5.73 Å². The molecule has 0 radical (unpaired) electrons. The topological polar surface area (TPSA) is 57.3 Å². The highest BCUT2D eigenvalue weighted by atomic mass is 127. The van der Waals surface area contributed by atoms with Crippen LogP contribution in [0.1, 0.15) is 18.1 Å². The maximum atomic E-state index is 6.17. The summed E-state index contributed by atoms with van der Waals surface area (Å²) in [5.41, 5.74) is 8.81. The lowest BCUT2D eigenvalue weighted by molar-refractivity contribution is 0.0674. The van der Waals surface area contributed by atoms with Crippen LogP contribution in [0.5, 0.6) is 0 Å². The van der Waals surface area contributed by atoms with Gasteiger partial charge in [0.2, 0.25) is 0 Å². The van der Waals surface area contributed by atoms with E-state index in [-0.39, 0.29) is 24.0 Å². The van der Waals surface area contributed by atoms with Crippen LogP contribution in [0, 0.1) is 0 Å². The number of rotatable bonds is 5. The fraction of sp³-hybridized carbons (Fsp3) is 0.632. The largest absolute Gasteiger partial charge is 0.378 e. The third-order valence-corrected chi connectivity index (χ3v) is 5.17. The highest BCUT2D eigenvalue weighted by Crippen LogP contribution is 2.15. The van der Waals surface area contributed by atoms with Crippen molar-refractivity contribution in [2.45, 2.75) is 20.0 Å². The minimum atomic E-state index is 0. The van der Waals surface area contributed by atoms with Gasteiger partial charge < -0.3 is 20.3 Å². The zero-order valence-corrected chi connectivity index (χ0v) is 18.1. The summed E-state index contributed by atoms with van der Waals surface area (Å²) in [6, 6.07) is 8.61. The zero-order valence-electron chi connectivity index (χ0n) is 15.8. The fourth-order valence-corrected chi connectivity index (χ4v) is 3.43. The van der Waals surface area contributed by atoms with Gasteiger partial charge in [-0.3, -0.25) is 4.90 Å². The Labute approximate surface area is 174 Å². The van der Waals surface area contributed by atoms with Crippen LogP contribution in [0.4, 0.5) is 0 Å². The molecule has 0 spiro atoms. The Kier molecular flexibility index (Phi) is 9.10. The van der Waals surface area contributed by atoms with E-state index in [1.807, 2.05) is 0 Å². The number of piperazine rings is 1. The Morgan fingerprint density at radius 2 is 1.62 bits per heavy atom. The summed E-state index contributed by atoms with van der Waals surface area (Å²) in [6.07, 6.45) is 0. The number of ether oxygens (including phenoxy) is 1. The average Bonchev–Trinajstić information content (AvgIpc) is 2.68. The van der Waals surface area contributed by atoms with Crippen molar-refractivity contribution in [3.8, 4) is 0 Å². The lowest BCUT2D eigenvalue weighted by Crippen LogP contribution is -2.45. The predicted octanol–water partition coefficient (Wildman–Crippen LogP) is 1.59. The van der Waals surface area contributed by atoms with Crippen LogP contribution in [-0.2, 0) is 17.8 Å². The Bertz CT molecular complexity index is 569. The molecule has 2 aliphatic heterocycles. The zero-order chi connectivity index (χ0) is 17.5. The molecule has 2 aliphatic rings. The van der Waals surface area contributed by atoms with E-state index in [9.17, 15) is 0 Å². The van der Waals surface area contributed by atoms with Crippen LogP contribution in [-0.4, -0.2) is 79.7 Å². The summed E-state index contributed by atoms with van der Waals surface area (Å²) in [7, 11) is 0. The molecular weight excluding hydrogens is 441 g/mol. The molecule has 0 aliphatic carbocycles. The minimum Gasteiger partial charge on any atom is -0.378 e. The molecule has 0 aromatic heterocycles. The van der Waals surface area contributed by atoms with Gasteiger partial charge in [-0.05, 0) is 17.7 Å². The molecule has 2 N–H and O–H groups in total. The molecule has 7 heteroatoms. The maximum absolute atomic E-state index is 6.17. The SMILES string of the molecule is CCN1CCN(Cc2ccccc2CN=C(N)N2CCOCC2)CC1.I. The van der Waals surface area contributed by atoms with Crippen molar-refractivity contribution < 1.29 is 4.74 Å². The first-order chi connectivity index (χ1) is 12.3. The Balaban J connectivity index is 0.00000243. The van der Waals surface area contributed by atoms with E-state index in [0.717, 1.165) is 52.5 Å². The molecule has 2 heterocycles. The van der Waals surface area contributed by atoms with Crippen LogP contribution in [0.25, 0.3) is 0 Å². The first-order valence-corrected chi connectivity index (χ1v) is 9.40. The van der Waals surface area contributed by atoms with Gasteiger partial charge in [0, 0.05) is 45.8 Å². The quantitative estimate of drug-likeness (QED) is 0.400. The van der Waals surface area contributed by atoms with E-state index in [4.69, 9.17) is 10.5 Å². The second kappa shape index (κ2) is 11.1. The first kappa shape index (κ1) is 21.4. The number of nitrogens with two attached hydrogens (primary N) is 1. The van der Waals surface area contributed by atoms with Crippen LogP contribution in [0.2, 0.25) is 0 Å². The maximum Gasteiger partial charge on any atom is 0.191 e. The molecule has 26 heavy (non-hydrogen) atoms.